The van der Waals surface area contributed by atoms with Gasteiger partial charge in [-0.15, -0.1) is 0 Å². The zero-order valence-corrected chi connectivity index (χ0v) is 8.58. The van der Waals surface area contributed by atoms with E-state index in [9.17, 15) is 0 Å². The average molecular weight is 191 g/mol. The number of nitrogens with two attached hydrogens (primary N) is 1. The number of hydrogen-bond acceptors (Lipinski definition) is 2. The van der Waals surface area contributed by atoms with Crippen molar-refractivity contribution in [3.63, 3.8) is 0 Å². The van der Waals surface area contributed by atoms with Gasteiger partial charge in [-0.1, -0.05) is 26.7 Å². The quantitative estimate of drug-likeness (QED) is 0.632. The van der Waals surface area contributed by atoms with E-state index in [1.807, 2.05) is 0 Å². The van der Waals surface area contributed by atoms with E-state index in [1.54, 1.807) is 0 Å². The van der Waals surface area contributed by atoms with Gasteiger partial charge >= 0.3 is 6.09 Å². The zero-order valence-electron chi connectivity index (χ0n) is 8.58. The van der Waals surface area contributed by atoms with Crippen LogP contribution in [0.25, 0.3) is 0 Å². The van der Waals surface area contributed by atoms with Crippen LogP contribution in [-0.4, -0.2) is 24.4 Å². The summed E-state index contributed by atoms with van der Waals surface area (Å²) in [6, 6.07) is 0. The van der Waals surface area contributed by atoms with E-state index in [0.29, 0.717) is 0 Å². The van der Waals surface area contributed by atoms with Gasteiger partial charge < -0.3 is 15.6 Å². The van der Waals surface area contributed by atoms with Crippen LogP contribution in [0, 0.1) is 0 Å². The molecule has 0 saturated carbocycles. The molecule has 0 aromatic rings. The number of primary amides is 1. The van der Waals surface area contributed by atoms with Crippen molar-refractivity contribution in [2.24, 2.45) is 5.73 Å². The Morgan fingerprint density at radius 2 is 1.54 bits per heavy atom. The monoisotopic (exact) mass is 191 g/mol. The van der Waals surface area contributed by atoms with E-state index in [4.69, 9.17) is 14.6 Å². The first-order valence-corrected chi connectivity index (χ1v) is 4.71. The number of rotatable bonds is 6. The van der Waals surface area contributed by atoms with E-state index in [1.165, 1.54) is 25.7 Å². The fourth-order valence-electron chi connectivity index (χ4n) is 0.595. The largest absolute Gasteiger partial charge is 0.465 e. The molecule has 13 heavy (non-hydrogen) atoms. The number of unbranched alkanes of at least 4 members (excludes halogenated alkanes) is 2. The van der Waals surface area contributed by atoms with Crippen LogP contribution in [0.1, 0.15) is 39.5 Å². The molecule has 0 spiro atoms. The van der Waals surface area contributed by atoms with Crippen LogP contribution in [0.4, 0.5) is 4.79 Å². The van der Waals surface area contributed by atoms with Crippen molar-refractivity contribution in [1.29, 1.82) is 0 Å². The molecule has 0 unspecified atom stereocenters. The second-order valence-corrected chi connectivity index (χ2v) is 2.66. The molecular weight excluding hydrogens is 170 g/mol. The highest BCUT2D eigenvalue weighted by Gasteiger charge is 1.84. The molecule has 4 heteroatoms. The Morgan fingerprint density at radius 1 is 1.23 bits per heavy atom. The van der Waals surface area contributed by atoms with E-state index in [-0.39, 0.29) is 0 Å². The lowest BCUT2D eigenvalue weighted by atomic mass is 10.3. The smallest absolute Gasteiger partial charge is 0.402 e. The molecule has 0 aliphatic rings. The molecule has 0 heterocycles. The molecular formula is C9H21NO3. The molecule has 1 amide bonds. The Labute approximate surface area is 80.1 Å². The molecule has 0 rings (SSSR count). The van der Waals surface area contributed by atoms with Crippen LogP contribution in [0.2, 0.25) is 0 Å². The van der Waals surface area contributed by atoms with Gasteiger partial charge in [0.15, 0.2) is 0 Å². The van der Waals surface area contributed by atoms with Crippen molar-refractivity contribution in [2.45, 2.75) is 39.5 Å². The van der Waals surface area contributed by atoms with Crippen molar-refractivity contribution in [3.8, 4) is 0 Å². The molecule has 0 aromatic carbocycles. The third-order valence-corrected chi connectivity index (χ3v) is 1.28. The van der Waals surface area contributed by atoms with Gasteiger partial charge in [-0.3, -0.25) is 0 Å². The zero-order chi connectivity index (χ0) is 10.5. The van der Waals surface area contributed by atoms with E-state index >= 15 is 0 Å². The summed E-state index contributed by atoms with van der Waals surface area (Å²) < 4.78 is 5.31. The van der Waals surface area contributed by atoms with Crippen molar-refractivity contribution in [3.05, 3.63) is 0 Å². The SMILES string of the molecule is CCCCOCCCC.NC(=O)O. The second kappa shape index (κ2) is 13.8. The van der Waals surface area contributed by atoms with Crippen LogP contribution in [0.5, 0.6) is 0 Å². The van der Waals surface area contributed by atoms with Gasteiger partial charge in [0.1, 0.15) is 0 Å². The standard InChI is InChI=1S/C8H18O.CH3NO2/c1-3-5-7-9-8-6-4-2;2-1(3)4/h3-8H2,1-2H3;2H2,(H,3,4). The molecule has 4 nitrogen and oxygen atoms in total. The van der Waals surface area contributed by atoms with Crippen molar-refractivity contribution >= 4 is 6.09 Å². The lowest BCUT2D eigenvalue weighted by Gasteiger charge is -1.99. The number of carbonyl (C=O) groups is 1. The molecule has 0 atom stereocenters. The summed E-state index contributed by atoms with van der Waals surface area (Å²) >= 11 is 0. The van der Waals surface area contributed by atoms with Crippen molar-refractivity contribution in [1.82, 2.24) is 0 Å². The Kier molecular flexibility index (Phi) is 15.6. The first kappa shape index (κ1) is 14.7. The Hall–Kier alpha value is -0.770. The maximum atomic E-state index is 8.78. The Morgan fingerprint density at radius 3 is 1.77 bits per heavy atom. The van der Waals surface area contributed by atoms with Gasteiger partial charge in [0.05, 0.1) is 0 Å². The summed E-state index contributed by atoms with van der Waals surface area (Å²) in [5, 5.41) is 7.19. The molecule has 0 aliphatic heterocycles. The summed E-state index contributed by atoms with van der Waals surface area (Å²) in [7, 11) is 0. The first-order chi connectivity index (χ1) is 6.15. The molecule has 0 fully saturated rings. The maximum Gasteiger partial charge on any atom is 0.402 e. The normalized spacial score (nSPS) is 8.77. The minimum atomic E-state index is -1.33. The number of hydrogen-bond donors (Lipinski definition) is 2. The summed E-state index contributed by atoms with van der Waals surface area (Å²) in [6.07, 6.45) is 3.58. The molecule has 3 N–H and O–H groups in total. The highest BCUT2D eigenvalue weighted by Crippen LogP contribution is 1.91. The number of carboxylic acid groups (broad SMARTS) is 1. The van der Waals surface area contributed by atoms with Crippen LogP contribution in [0.15, 0.2) is 0 Å². The van der Waals surface area contributed by atoms with E-state index in [2.05, 4.69) is 19.6 Å². The molecule has 0 aromatic heterocycles. The minimum Gasteiger partial charge on any atom is -0.465 e. The lowest BCUT2D eigenvalue weighted by Crippen LogP contribution is -2.03. The highest BCUT2D eigenvalue weighted by molar-refractivity contribution is 5.61. The minimum absolute atomic E-state index is 0.955. The van der Waals surface area contributed by atoms with Gasteiger partial charge in [-0.2, -0.15) is 0 Å². The van der Waals surface area contributed by atoms with Crippen LogP contribution in [-0.2, 0) is 4.74 Å². The fourth-order valence-corrected chi connectivity index (χ4v) is 0.595. The van der Waals surface area contributed by atoms with Gasteiger partial charge in [0, 0.05) is 13.2 Å². The average Bonchev–Trinajstić information content (AvgIpc) is 2.03. The fraction of sp³-hybridized carbons (Fsp3) is 0.889. The van der Waals surface area contributed by atoms with Crippen LogP contribution in [0.3, 0.4) is 0 Å². The first-order valence-electron chi connectivity index (χ1n) is 4.71. The van der Waals surface area contributed by atoms with E-state index < -0.39 is 6.09 Å². The predicted molar refractivity (Wildman–Crippen MR) is 52.8 cm³/mol. The summed E-state index contributed by atoms with van der Waals surface area (Å²) in [5.74, 6) is 0. The van der Waals surface area contributed by atoms with Gasteiger partial charge in [-0.25, -0.2) is 4.79 Å². The Balaban J connectivity index is 0. The highest BCUT2D eigenvalue weighted by atomic mass is 16.5. The molecule has 80 valence electrons. The number of ether oxygens (including phenoxy) is 1. The predicted octanol–water partition coefficient (Wildman–Crippen LogP) is 2.23. The third-order valence-electron chi connectivity index (χ3n) is 1.28. The number of amides is 1. The van der Waals surface area contributed by atoms with Gasteiger partial charge in [0.2, 0.25) is 0 Å². The molecule has 0 bridgehead atoms. The van der Waals surface area contributed by atoms with Gasteiger partial charge in [-0.05, 0) is 12.8 Å². The molecule has 0 saturated heterocycles. The van der Waals surface area contributed by atoms with Crippen molar-refractivity contribution in [2.75, 3.05) is 13.2 Å². The van der Waals surface area contributed by atoms with Crippen LogP contribution >= 0.6 is 0 Å². The Bertz CT molecular complexity index is 97.0. The molecule has 0 aliphatic carbocycles. The summed E-state index contributed by atoms with van der Waals surface area (Å²) in [6.45, 7) is 6.28. The van der Waals surface area contributed by atoms with Gasteiger partial charge in [0.25, 0.3) is 0 Å². The molecule has 0 radical (unpaired) electrons. The lowest BCUT2D eigenvalue weighted by molar-refractivity contribution is 0.128. The van der Waals surface area contributed by atoms with Crippen molar-refractivity contribution < 1.29 is 14.6 Å². The maximum absolute atomic E-state index is 8.78. The van der Waals surface area contributed by atoms with E-state index in [0.717, 1.165) is 13.2 Å². The third kappa shape index (κ3) is 35.0. The second-order valence-electron chi connectivity index (χ2n) is 2.66. The summed E-state index contributed by atoms with van der Waals surface area (Å²) in [5.41, 5.74) is 4.03. The summed E-state index contributed by atoms with van der Waals surface area (Å²) in [4.78, 5) is 8.78. The van der Waals surface area contributed by atoms with Crippen LogP contribution < -0.4 is 5.73 Å². The topological polar surface area (TPSA) is 72.5 Å².